The number of hydrogen-bond donors (Lipinski definition) is 0. The summed E-state index contributed by atoms with van der Waals surface area (Å²) in [7, 11) is 4.01. The summed E-state index contributed by atoms with van der Waals surface area (Å²) in [6, 6.07) is 0. The van der Waals surface area contributed by atoms with Crippen LogP contribution < -0.4 is 5.56 Å². The minimum atomic E-state index is 0.103. The Labute approximate surface area is 111 Å². The Morgan fingerprint density at radius 3 is 2.22 bits per heavy atom. The molecule has 0 aliphatic heterocycles. The molecule has 0 N–H and O–H groups in total. The fourth-order valence-corrected chi connectivity index (χ4v) is 1.61. The van der Waals surface area contributed by atoms with Crippen LogP contribution in [0.25, 0.3) is 0 Å². The van der Waals surface area contributed by atoms with Crippen LogP contribution in [0.1, 0.15) is 37.9 Å². The van der Waals surface area contributed by atoms with Crippen molar-refractivity contribution in [2.45, 2.75) is 47.6 Å². The molecule has 0 amide bonds. The van der Waals surface area contributed by atoms with Crippen molar-refractivity contribution in [3.63, 3.8) is 0 Å². The maximum Gasteiger partial charge on any atom is 0.256 e. The van der Waals surface area contributed by atoms with E-state index in [-0.39, 0.29) is 5.56 Å². The molecule has 0 saturated carbocycles. The Morgan fingerprint density at radius 2 is 1.78 bits per heavy atom. The number of aryl methyl sites for hydroxylation is 2. The van der Waals surface area contributed by atoms with Crippen molar-refractivity contribution in [3.8, 4) is 0 Å². The average molecular weight is 253 g/mol. The first-order valence-electron chi connectivity index (χ1n) is 6.69. The first-order chi connectivity index (χ1) is 8.47. The van der Waals surface area contributed by atoms with E-state index >= 15 is 0 Å². The van der Waals surface area contributed by atoms with Crippen molar-refractivity contribution >= 4 is 0 Å². The zero-order chi connectivity index (χ0) is 14.3. The van der Waals surface area contributed by atoms with Gasteiger partial charge in [-0.1, -0.05) is 20.8 Å². The van der Waals surface area contributed by atoms with Gasteiger partial charge in [-0.05, 0) is 27.9 Å². The van der Waals surface area contributed by atoms with Gasteiger partial charge in [0.2, 0.25) is 0 Å². The monoisotopic (exact) mass is 253 g/mol. The van der Waals surface area contributed by atoms with Crippen LogP contribution in [-0.2, 0) is 13.0 Å². The van der Waals surface area contributed by atoms with Crippen molar-refractivity contribution in [2.24, 2.45) is 0 Å². The summed E-state index contributed by atoms with van der Waals surface area (Å²) in [5, 5.41) is 0. The molecule has 0 radical (unpaired) electrons. The van der Waals surface area contributed by atoms with Crippen LogP contribution in [0.15, 0.2) is 4.79 Å². The van der Waals surface area contributed by atoms with Crippen LogP contribution in [0.4, 0.5) is 0 Å². The van der Waals surface area contributed by atoms with Gasteiger partial charge in [-0.3, -0.25) is 9.36 Å². The minimum absolute atomic E-state index is 0.103. The lowest BCUT2D eigenvalue weighted by Crippen LogP contribution is -2.31. The Balaban J connectivity index is 0.00000137. The van der Waals surface area contributed by atoms with Crippen LogP contribution in [0, 0.1) is 13.8 Å². The predicted molar refractivity (Wildman–Crippen MR) is 77.3 cm³/mol. The van der Waals surface area contributed by atoms with E-state index in [0.29, 0.717) is 6.54 Å². The van der Waals surface area contributed by atoms with Crippen LogP contribution in [0.3, 0.4) is 0 Å². The summed E-state index contributed by atoms with van der Waals surface area (Å²) in [6.07, 6.45) is 0.795. The zero-order valence-corrected chi connectivity index (χ0v) is 12.9. The van der Waals surface area contributed by atoms with Gasteiger partial charge in [0.1, 0.15) is 5.82 Å². The van der Waals surface area contributed by atoms with Gasteiger partial charge in [0, 0.05) is 30.8 Å². The Kier molecular flexibility index (Phi) is 7.51. The third-order valence-corrected chi connectivity index (χ3v) is 2.80. The Bertz CT molecular complexity index is 422. The van der Waals surface area contributed by atoms with Crippen LogP contribution in [-0.4, -0.2) is 35.1 Å². The molecular formula is C14H27N3O. The lowest BCUT2D eigenvalue weighted by atomic mass is 10.2. The smallest absolute Gasteiger partial charge is 0.256 e. The van der Waals surface area contributed by atoms with E-state index in [1.165, 1.54) is 0 Å². The molecule has 0 aliphatic rings. The van der Waals surface area contributed by atoms with Gasteiger partial charge in [-0.15, -0.1) is 0 Å². The summed E-state index contributed by atoms with van der Waals surface area (Å²) >= 11 is 0. The van der Waals surface area contributed by atoms with Gasteiger partial charge in [-0.2, -0.15) is 0 Å². The minimum Gasteiger partial charge on any atom is -0.308 e. The highest BCUT2D eigenvalue weighted by Gasteiger charge is 2.09. The van der Waals surface area contributed by atoms with E-state index in [2.05, 4.69) is 9.88 Å². The molecular weight excluding hydrogens is 226 g/mol. The fraction of sp³-hybridized carbons (Fsp3) is 0.714. The molecule has 0 spiro atoms. The van der Waals surface area contributed by atoms with Crippen molar-refractivity contribution in [1.29, 1.82) is 0 Å². The van der Waals surface area contributed by atoms with E-state index in [1.807, 2.05) is 48.7 Å². The summed E-state index contributed by atoms with van der Waals surface area (Å²) in [4.78, 5) is 18.6. The number of likely N-dealkylation sites (N-methyl/N-ethyl adjacent to an activating group) is 1. The molecule has 0 bridgehead atoms. The summed E-state index contributed by atoms with van der Waals surface area (Å²) in [5.41, 5.74) is 1.71. The van der Waals surface area contributed by atoms with E-state index in [1.54, 1.807) is 4.57 Å². The normalized spacial score (nSPS) is 10.2. The second kappa shape index (κ2) is 8.03. The third-order valence-electron chi connectivity index (χ3n) is 2.80. The first kappa shape index (κ1) is 16.8. The number of hydrogen-bond acceptors (Lipinski definition) is 3. The second-order valence-electron chi connectivity index (χ2n) is 4.35. The molecule has 1 rings (SSSR count). The van der Waals surface area contributed by atoms with Gasteiger partial charge in [0.05, 0.1) is 0 Å². The molecule has 1 heterocycles. The van der Waals surface area contributed by atoms with Crippen molar-refractivity contribution in [3.05, 3.63) is 27.4 Å². The molecule has 4 heteroatoms. The van der Waals surface area contributed by atoms with Crippen LogP contribution >= 0.6 is 0 Å². The molecule has 0 aliphatic carbocycles. The van der Waals surface area contributed by atoms with E-state index in [4.69, 9.17) is 0 Å². The third kappa shape index (κ3) is 4.26. The van der Waals surface area contributed by atoms with Crippen molar-refractivity contribution in [2.75, 3.05) is 20.6 Å². The summed E-state index contributed by atoms with van der Waals surface area (Å²) < 4.78 is 1.79. The van der Waals surface area contributed by atoms with E-state index in [9.17, 15) is 4.79 Å². The first-order valence-corrected chi connectivity index (χ1v) is 6.69. The standard InChI is InChI=1S/C12H21N3O.C2H6/c1-6-11-13-10(3)9(2)12(16)15(11)8-7-14(4)5;1-2/h6-8H2,1-5H3;1-2H3. The van der Waals surface area contributed by atoms with Gasteiger partial charge in [0.25, 0.3) is 5.56 Å². The molecule has 1 aromatic heterocycles. The highest BCUT2D eigenvalue weighted by Crippen LogP contribution is 2.01. The van der Waals surface area contributed by atoms with Gasteiger partial charge in [-0.25, -0.2) is 4.98 Å². The fourth-order valence-electron chi connectivity index (χ4n) is 1.61. The van der Waals surface area contributed by atoms with Crippen LogP contribution in [0.5, 0.6) is 0 Å². The lowest BCUT2D eigenvalue weighted by molar-refractivity contribution is 0.375. The van der Waals surface area contributed by atoms with Crippen molar-refractivity contribution < 1.29 is 0 Å². The molecule has 0 fully saturated rings. The predicted octanol–water partition coefficient (Wildman–Crippen LogP) is 2.01. The quantitative estimate of drug-likeness (QED) is 0.824. The second-order valence-corrected chi connectivity index (χ2v) is 4.35. The van der Waals surface area contributed by atoms with E-state index < -0.39 is 0 Å². The molecule has 4 nitrogen and oxygen atoms in total. The molecule has 0 atom stereocenters. The number of aromatic nitrogens is 2. The Hall–Kier alpha value is -1.16. The number of rotatable bonds is 4. The zero-order valence-electron chi connectivity index (χ0n) is 12.9. The van der Waals surface area contributed by atoms with Gasteiger partial charge < -0.3 is 4.90 Å². The molecule has 18 heavy (non-hydrogen) atoms. The maximum atomic E-state index is 12.1. The highest BCUT2D eigenvalue weighted by molar-refractivity contribution is 5.15. The van der Waals surface area contributed by atoms with Gasteiger partial charge >= 0.3 is 0 Å². The topological polar surface area (TPSA) is 38.1 Å². The SMILES string of the molecule is CC.CCc1nc(C)c(C)c(=O)n1CCN(C)C. The largest absolute Gasteiger partial charge is 0.308 e. The van der Waals surface area contributed by atoms with Crippen molar-refractivity contribution in [1.82, 2.24) is 14.5 Å². The molecule has 104 valence electrons. The molecule has 0 unspecified atom stereocenters. The molecule has 1 aromatic rings. The molecule has 0 saturated heterocycles. The summed E-state index contributed by atoms with van der Waals surface area (Å²) in [6.45, 7) is 11.3. The van der Waals surface area contributed by atoms with Gasteiger partial charge in [0.15, 0.2) is 0 Å². The Morgan fingerprint density at radius 1 is 1.22 bits per heavy atom. The lowest BCUT2D eigenvalue weighted by Gasteiger charge is -2.15. The summed E-state index contributed by atoms with van der Waals surface area (Å²) in [5.74, 6) is 0.884. The average Bonchev–Trinajstić information content (AvgIpc) is 2.36. The maximum absolute atomic E-state index is 12.1. The number of nitrogens with zero attached hydrogens (tertiary/aromatic N) is 3. The highest BCUT2D eigenvalue weighted by atomic mass is 16.1. The molecule has 0 aromatic carbocycles. The van der Waals surface area contributed by atoms with Crippen LogP contribution in [0.2, 0.25) is 0 Å². The van der Waals surface area contributed by atoms with E-state index in [0.717, 1.165) is 30.0 Å².